The fourth-order valence-electron chi connectivity index (χ4n) is 0.0556. The highest BCUT2D eigenvalue weighted by atomic mass is 16.4. The standard InChI is InChI=1S/C3H5NO3/c4-2(1-5)3(6)7/h1-2H,4H2,(H,6,7)/p-1/t2-/m0/s1. The molecular formula is C3H4NO3-. The van der Waals surface area contributed by atoms with Crippen molar-refractivity contribution in [2.75, 3.05) is 0 Å². The summed E-state index contributed by atoms with van der Waals surface area (Å²) in [6, 6.07) is -1.47. The molecule has 0 aliphatic rings. The number of hydrogen-bond acceptors (Lipinski definition) is 4. The maximum Gasteiger partial charge on any atom is 0.142 e. The third-order valence-corrected chi connectivity index (χ3v) is 0.419. The van der Waals surface area contributed by atoms with Crippen LogP contribution in [0, 0.1) is 0 Å². The van der Waals surface area contributed by atoms with Gasteiger partial charge in [0, 0.05) is 0 Å². The molecule has 0 spiro atoms. The Morgan fingerprint density at radius 3 is 2.29 bits per heavy atom. The molecule has 0 heterocycles. The first-order valence-corrected chi connectivity index (χ1v) is 1.60. The van der Waals surface area contributed by atoms with Gasteiger partial charge in [0.05, 0.1) is 5.97 Å². The summed E-state index contributed by atoms with van der Waals surface area (Å²) in [5.41, 5.74) is 4.59. The molecule has 7 heavy (non-hydrogen) atoms. The van der Waals surface area contributed by atoms with E-state index in [4.69, 9.17) is 0 Å². The molecule has 0 aromatic heterocycles. The van der Waals surface area contributed by atoms with E-state index in [1.165, 1.54) is 0 Å². The Morgan fingerprint density at radius 2 is 2.29 bits per heavy atom. The molecule has 2 N–H and O–H groups in total. The van der Waals surface area contributed by atoms with Gasteiger partial charge < -0.3 is 20.4 Å². The summed E-state index contributed by atoms with van der Waals surface area (Å²) in [4.78, 5) is 18.9. The Labute approximate surface area is 39.9 Å². The van der Waals surface area contributed by atoms with Gasteiger partial charge in [-0.1, -0.05) is 0 Å². The molecule has 0 aliphatic heterocycles. The molecule has 0 rings (SSSR count). The van der Waals surface area contributed by atoms with E-state index < -0.39 is 12.0 Å². The first-order valence-electron chi connectivity index (χ1n) is 1.60. The van der Waals surface area contributed by atoms with Crippen LogP contribution < -0.4 is 10.8 Å². The molecule has 0 aromatic rings. The minimum atomic E-state index is -1.55. The Hall–Kier alpha value is -0.900. The fourth-order valence-corrected chi connectivity index (χ4v) is 0.0556. The minimum absolute atomic E-state index is 0.106. The summed E-state index contributed by atoms with van der Waals surface area (Å²) in [5, 5.41) is 9.46. The van der Waals surface area contributed by atoms with Crippen molar-refractivity contribution < 1.29 is 14.7 Å². The number of carbonyl (C=O) groups is 2. The zero-order valence-electron chi connectivity index (χ0n) is 3.46. The van der Waals surface area contributed by atoms with Crippen LogP contribution in [0.15, 0.2) is 0 Å². The highest BCUT2D eigenvalue weighted by molar-refractivity contribution is 5.88. The summed E-state index contributed by atoms with van der Waals surface area (Å²) < 4.78 is 0. The van der Waals surface area contributed by atoms with E-state index >= 15 is 0 Å². The zero-order chi connectivity index (χ0) is 5.86. The van der Waals surface area contributed by atoms with E-state index in [-0.39, 0.29) is 6.29 Å². The third kappa shape index (κ3) is 1.88. The first-order chi connectivity index (χ1) is 3.18. The topological polar surface area (TPSA) is 83.2 Å². The number of aldehydes is 1. The van der Waals surface area contributed by atoms with Crippen LogP contribution in [0.2, 0.25) is 0 Å². The molecule has 0 aromatic carbocycles. The molecule has 0 saturated heterocycles. The molecular weight excluding hydrogens is 98.0 g/mol. The lowest BCUT2D eigenvalue weighted by Gasteiger charge is -2.00. The Bertz CT molecular complexity index is 90.2. The van der Waals surface area contributed by atoms with Gasteiger partial charge in [0.15, 0.2) is 0 Å². The lowest BCUT2D eigenvalue weighted by molar-refractivity contribution is -0.305. The largest absolute Gasteiger partial charge is 0.548 e. The highest BCUT2D eigenvalue weighted by Gasteiger charge is 1.95. The van der Waals surface area contributed by atoms with E-state index in [2.05, 4.69) is 5.73 Å². The predicted octanol–water partition coefficient (Wildman–Crippen LogP) is -2.74. The van der Waals surface area contributed by atoms with Crippen molar-refractivity contribution in [3.05, 3.63) is 0 Å². The molecule has 0 amide bonds. The highest BCUT2D eigenvalue weighted by Crippen LogP contribution is 1.60. The van der Waals surface area contributed by atoms with Crippen molar-refractivity contribution in [3.8, 4) is 0 Å². The van der Waals surface area contributed by atoms with Crippen LogP contribution in [-0.4, -0.2) is 18.3 Å². The van der Waals surface area contributed by atoms with E-state index in [1.54, 1.807) is 0 Å². The SMILES string of the molecule is N[C@@H](C=O)C(=O)[O-]. The van der Waals surface area contributed by atoms with Crippen molar-refractivity contribution in [2.24, 2.45) is 5.73 Å². The summed E-state index contributed by atoms with van der Waals surface area (Å²) in [7, 11) is 0. The smallest absolute Gasteiger partial charge is 0.142 e. The van der Waals surface area contributed by atoms with Gasteiger partial charge in [-0.2, -0.15) is 0 Å². The Balaban J connectivity index is 3.55. The first kappa shape index (κ1) is 6.10. The molecule has 0 bridgehead atoms. The summed E-state index contributed by atoms with van der Waals surface area (Å²) in [5.74, 6) is -1.55. The molecule has 4 nitrogen and oxygen atoms in total. The normalized spacial score (nSPS) is 12.7. The number of carboxylic acid groups (broad SMARTS) is 1. The van der Waals surface area contributed by atoms with Gasteiger partial charge in [-0.25, -0.2) is 0 Å². The Morgan fingerprint density at radius 1 is 1.86 bits per heavy atom. The van der Waals surface area contributed by atoms with Crippen LogP contribution in [0.5, 0.6) is 0 Å². The van der Waals surface area contributed by atoms with Gasteiger partial charge in [-0.3, -0.25) is 0 Å². The lowest BCUT2D eigenvalue weighted by Crippen LogP contribution is -2.42. The molecule has 0 aliphatic carbocycles. The number of rotatable bonds is 2. The average Bonchev–Trinajstić information content (AvgIpc) is 1.65. The monoisotopic (exact) mass is 102 g/mol. The van der Waals surface area contributed by atoms with Crippen molar-refractivity contribution in [2.45, 2.75) is 6.04 Å². The van der Waals surface area contributed by atoms with E-state index in [1.807, 2.05) is 0 Å². The van der Waals surface area contributed by atoms with Crippen LogP contribution in [0.25, 0.3) is 0 Å². The predicted molar refractivity (Wildman–Crippen MR) is 19.0 cm³/mol. The molecule has 0 saturated carbocycles. The molecule has 0 radical (unpaired) electrons. The molecule has 40 valence electrons. The zero-order valence-corrected chi connectivity index (χ0v) is 3.46. The van der Waals surface area contributed by atoms with Gasteiger partial charge in [-0.05, 0) is 0 Å². The molecule has 0 fully saturated rings. The van der Waals surface area contributed by atoms with E-state index in [0.29, 0.717) is 0 Å². The summed E-state index contributed by atoms with van der Waals surface area (Å²) in [6.45, 7) is 0. The second kappa shape index (κ2) is 2.30. The summed E-state index contributed by atoms with van der Waals surface area (Å²) in [6.07, 6.45) is 0.106. The number of aliphatic carboxylic acids is 1. The van der Waals surface area contributed by atoms with Crippen molar-refractivity contribution in [3.63, 3.8) is 0 Å². The molecule has 1 atom stereocenters. The summed E-state index contributed by atoms with van der Waals surface area (Å²) >= 11 is 0. The van der Waals surface area contributed by atoms with Crippen LogP contribution in [0.1, 0.15) is 0 Å². The van der Waals surface area contributed by atoms with Gasteiger partial charge in [0.2, 0.25) is 0 Å². The van der Waals surface area contributed by atoms with Crippen molar-refractivity contribution in [1.29, 1.82) is 0 Å². The maximum absolute atomic E-state index is 9.46. The third-order valence-electron chi connectivity index (χ3n) is 0.419. The number of carboxylic acids is 1. The number of nitrogens with two attached hydrogens (primary N) is 1. The van der Waals surface area contributed by atoms with Gasteiger partial charge in [0.1, 0.15) is 12.3 Å². The van der Waals surface area contributed by atoms with Crippen LogP contribution in [0.3, 0.4) is 0 Å². The Kier molecular flexibility index (Phi) is 2.01. The van der Waals surface area contributed by atoms with Crippen molar-refractivity contribution >= 4 is 12.3 Å². The number of carbonyl (C=O) groups excluding carboxylic acids is 2. The lowest BCUT2D eigenvalue weighted by atomic mass is 10.4. The number of hydrogen-bond donors (Lipinski definition) is 1. The second-order valence-electron chi connectivity index (χ2n) is 0.981. The van der Waals surface area contributed by atoms with Crippen LogP contribution >= 0.6 is 0 Å². The van der Waals surface area contributed by atoms with Crippen molar-refractivity contribution in [1.82, 2.24) is 0 Å². The van der Waals surface area contributed by atoms with Crippen LogP contribution in [0.4, 0.5) is 0 Å². The average molecular weight is 102 g/mol. The minimum Gasteiger partial charge on any atom is -0.548 e. The van der Waals surface area contributed by atoms with E-state index in [9.17, 15) is 14.7 Å². The molecule has 0 unspecified atom stereocenters. The van der Waals surface area contributed by atoms with Gasteiger partial charge >= 0.3 is 0 Å². The van der Waals surface area contributed by atoms with Crippen LogP contribution in [-0.2, 0) is 9.59 Å². The van der Waals surface area contributed by atoms with Gasteiger partial charge in [-0.15, -0.1) is 0 Å². The fraction of sp³-hybridized carbons (Fsp3) is 0.333. The second-order valence-corrected chi connectivity index (χ2v) is 0.981. The van der Waals surface area contributed by atoms with Gasteiger partial charge in [0.25, 0.3) is 0 Å². The van der Waals surface area contributed by atoms with E-state index in [0.717, 1.165) is 0 Å². The molecule has 4 heteroatoms. The maximum atomic E-state index is 9.46. The quantitative estimate of drug-likeness (QED) is 0.303.